The van der Waals surface area contributed by atoms with E-state index in [1.54, 1.807) is 27.7 Å². The first kappa shape index (κ1) is 20.0. The number of hydrogen-bond acceptors (Lipinski definition) is 7. The lowest BCUT2D eigenvalue weighted by molar-refractivity contribution is -0.107. The molecule has 9 heteroatoms. The predicted molar refractivity (Wildman–Crippen MR) is 76.2 cm³/mol. The first-order chi connectivity index (χ1) is 9.44. The van der Waals surface area contributed by atoms with Gasteiger partial charge in [0.25, 0.3) is 0 Å². The zero-order valence-corrected chi connectivity index (χ0v) is 14.2. The summed E-state index contributed by atoms with van der Waals surface area (Å²) < 4.78 is 46.2. The lowest BCUT2D eigenvalue weighted by atomic mass is 10.5. The topological polar surface area (TPSA) is 88.1 Å². The van der Waals surface area contributed by atoms with Gasteiger partial charge < -0.3 is 22.9 Å². The minimum Gasteiger partial charge on any atom is -0.308 e. The van der Waals surface area contributed by atoms with Gasteiger partial charge in [0, 0.05) is 6.42 Å². The smallest absolute Gasteiger partial charge is 0.308 e. The Morgan fingerprint density at radius 3 is 1.30 bits per heavy atom. The van der Waals surface area contributed by atoms with Gasteiger partial charge in [0.2, 0.25) is 0 Å². The second-order valence-electron chi connectivity index (χ2n) is 3.63. The standard InChI is InChI=1S/C11H24O7P2/c1-5-15-19(13,16-6-2)11(9-10-12)20(14,17-7-3)18-8-4/h10-11H,5-9H2,1-4H3. The third-order valence-corrected chi connectivity index (χ3v) is 8.32. The zero-order chi connectivity index (χ0) is 15.6. The van der Waals surface area contributed by atoms with Crippen LogP contribution in [0.25, 0.3) is 0 Å². The van der Waals surface area contributed by atoms with Crippen molar-refractivity contribution in [2.45, 2.75) is 39.5 Å². The summed E-state index contributed by atoms with van der Waals surface area (Å²) in [5.41, 5.74) is 0. The highest BCUT2D eigenvalue weighted by atomic mass is 31.2. The van der Waals surface area contributed by atoms with Crippen LogP contribution in [-0.2, 0) is 32.0 Å². The molecule has 120 valence electrons. The van der Waals surface area contributed by atoms with Gasteiger partial charge in [0.1, 0.15) is 6.29 Å². The number of hydrogen-bond donors (Lipinski definition) is 0. The van der Waals surface area contributed by atoms with Gasteiger partial charge in [-0.1, -0.05) is 0 Å². The Morgan fingerprint density at radius 2 is 1.10 bits per heavy atom. The zero-order valence-electron chi connectivity index (χ0n) is 12.4. The molecule has 0 unspecified atom stereocenters. The van der Waals surface area contributed by atoms with Crippen LogP contribution in [0.1, 0.15) is 34.1 Å². The van der Waals surface area contributed by atoms with E-state index in [1.807, 2.05) is 0 Å². The summed E-state index contributed by atoms with van der Waals surface area (Å²) in [5, 5.41) is -1.24. The van der Waals surface area contributed by atoms with E-state index >= 15 is 0 Å². The van der Waals surface area contributed by atoms with E-state index in [1.165, 1.54) is 0 Å². The van der Waals surface area contributed by atoms with Gasteiger partial charge in [-0.3, -0.25) is 9.13 Å². The predicted octanol–water partition coefficient (Wildman–Crippen LogP) is 3.43. The molecule has 0 rings (SSSR count). The molecule has 20 heavy (non-hydrogen) atoms. The molecule has 0 fully saturated rings. The number of rotatable bonds is 12. The van der Waals surface area contributed by atoms with Crippen molar-refractivity contribution in [3.63, 3.8) is 0 Å². The van der Waals surface area contributed by atoms with E-state index in [2.05, 4.69) is 0 Å². The molecule has 0 aliphatic rings. The van der Waals surface area contributed by atoms with Crippen molar-refractivity contribution in [2.75, 3.05) is 26.4 Å². The summed E-state index contributed by atoms with van der Waals surface area (Å²) in [6.45, 7) is 6.95. The van der Waals surface area contributed by atoms with Gasteiger partial charge in [-0.05, 0) is 27.7 Å². The van der Waals surface area contributed by atoms with Crippen LogP contribution in [-0.4, -0.2) is 38.1 Å². The number of aldehydes is 1. The van der Waals surface area contributed by atoms with Crippen molar-refractivity contribution in [1.82, 2.24) is 0 Å². The van der Waals surface area contributed by atoms with Gasteiger partial charge in [-0.15, -0.1) is 0 Å². The van der Waals surface area contributed by atoms with Crippen LogP contribution in [0.4, 0.5) is 0 Å². The van der Waals surface area contributed by atoms with Crippen LogP contribution < -0.4 is 0 Å². The highest BCUT2D eigenvalue weighted by Crippen LogP contribution is 2.71. The lowest BCUT2D eigenvalue weighted by Crippen LogP contribution is -2.18. The Balaban J connectivity index is 5.59. The van der Waals surface area contributed by atoms with E-state index in [4.69, 9.17) is 18.1 Å². The van der Waals surface area contributed by atoms with Crippen molar-refractivity contribution in [3.8, 4) is 0 Å². The molecule has 0 heterocycles. The largest absolute Gasteiger partial charge is 0.346 e. The Morgan fingerprint density at radius 1 is 0.800 bits per heavy atom. The van der Waals surface area contributed by atoms with Gasteiger partial charge >= 0.3 is 15.2 Å². The molecule has 0 aromatic carbocycles. The molecule has 0 aromatic heterocycles. The van der Waals surface area contributed by atoms with E-state index in [0.717, 1.165) is 0 Å². The van der Waals surface area contributed by atoms with E-state index in [9.17, 15) is 13.9 Å². The van der Waals surface area contributed by atoms with Crippen molar-refractivity contribution in [2.24, 2.45) is 0 Å². The minimum atomic E-state index is -3.77. The third kappa shape index (κ3) is 5.40. The summed E-state index contributed by atoms with van der Waals surface area (Å²) in [4.78, 5) is 10.9. The highest BCUT2D eigenvalue weighted by Gasteiger charge is 2.50. The molecule has 0 amide bonds. The van der Waals surface area contributed by atoms with Crippen LogP contribution in [0.15, 0.2) is 0 Å². The molecule has 0 N–H and O–H groups in total. The van der Waals surface area contributed by atoms with E-state index in [-0.39, 0.29) is 32.8 Å². The maximum absolute atomic E-state index is 12.8. The molecule has 0 saturated carbocycles. The monoisotopic (exact) mass is 330 g/mol. The number of carbonyl (C=O) groups is 1. The molecule has 0 bridgehead atoms. The van der Waals surface area contributed by atoms with Gasteiger partial charge in [0.15, 0.2) is 5.40 Å². The molecule has 0 aliphatic carbocycles. The first-order valence-electron chi connectivity index (χ1n) is 6.65. The maximum atomic E-state index is 12.8. The van der Waals surface area contributed by atoms with Crippen molar-refractivity contribution < 1.29 is 32.0 Å². The summed E-state index contributed by atoms with van der Waals surface area (Å²) in [6, 6.07) is 0. The second kappa shape index (κ2) is 9.82. The van der Waals surface area contributed by atoms with Gasteiger partial charge in [-0.2, -0.15) is 0 Å². The van der Waals surface area contributed by atoms with Crippen LogP contribution >= 0.6 is 15.2 Å². The van der Waals surface area contributed by atoms with E-state index in [0.29, 0.717) is 6.29 Å². The Bertz CT molecular complexity index is 322. The Hall–Kier alpha value is -0.0300. The number of carbonyl (C=O) groups excluding carboxylic acids is 1. The van der Waals surface area contributed by atoms with Crippen molar-refractivity contribution in [1.29, 1.82) is 0 Å². The molecular formula is C11H24O7P2. The lowest BCUT2D eigenvalue weighted by Gasteiger charge is -2.30. The molecule has 0 radical (unpaired) electrons. The minimum absolute atomic E-state index is 0.102. The summed E-state index contributed by atoms with van der Waals surface area (Å²) >= 11 is 0. The normalized spacial score (nSPS) is 12.8. The van der Waals surface area contributed by atoms with Crippen molar-refractivity contribution >= 4 is 21.5 Å². The maximum Gasteiger partial charge on any atom is 0.346 e. The molecular weight excluding hydrogens is 306 g/mol. The molecule has 0 atom stereocenters. The van der Waals surface area contributed by atoms with Crippen LogP contribution in [0, 0.1) is 0 Å². The molecule has 0 aromatic rings. The molecule has 0 spiro atoms. The van der Waals surface area contributed by atoms with Gasteiger partial charge in [-0.25, -0.2) is 0 Å². The molecule has 7 nitrogen and oxygen atoms in total. The molecule has 0 saturated heterocycles. The fourth-order valence-corrected chi connectivity index (χ4v) is 6.81. The van der Waals surface area contributed by atoms with Gasteiger partial charge in [0.05, 0.1) is 26.4 Å². The molecule has 0 aliphatic heterocycles. The summed E-state index contributed by atoms with van der Waals surface area (Å²) in [5.74, 6) is 0. The quantitative estimate of drug-likeness (QED) is 0.400. The second-order valence-corrected chi connectivity index (χ2v) is 8.48. The summed E-state index contributed by atoms with van der Waals surface area (Å²) in [7, 11) is -7.54. The third-order valence-electron chi connectivity index (χ3n) is 2.27. The Kier molecular flexibility index (Phi) is 9.81. The fraction of sp³-hybridized carbons (Fsp3) is 0.909. The summed E-state index contributed by atoms with van der Waals surface area (Å²) in [6.07, 6.45) is 0.231. The highest BCUT2D eigenvalue weighted by molar-refractivity contribution is 7.72. The van der Waals surface area contributed by atoms with Crippen LogP contribution in [0.3, 0.4) is 0 Å². The average molecular weight is 330 g/mol. The van der Waals surface area contributed by atoms with E-state index < -0.39 is 20.6 Å². The average Bonchev–Trinajstić information content (AvgIpc) is 2.36. The van der Waals surface area contributed by atoms with Crippen LogP contribution in [0.2, 0.25) is 0 Å². The Labute approximate surface area is 120 Å². The van der Waals surface area contributed by atoms with Crippen LogP contribution in [0.5, 0.6) is 0 Å². The SMILES string of the molecule is CCOP(=O)(OCC)C(CC=O)P(=O)(OCC)OCC. The first-order valence-corrected chi connectivity index (χ1v) is 9.87. The fourth-order valence-electron chi connectivity index (χ4n) is 1.66. The van der Waals surface area contributed by atoms with Crippen molar-refractivity contribution in [3.05, 3.63) is 0 Å².